The van der Waals surface area contributed by atoms with Crippen LogP contribution in [0.3, 0.4) is 0 Å². The lowest BCUT2D eigenvalue weighted by atomic mass is 9.99. The molecule has 0 bridgehead atoms. The van der Waals surface area contributed by atoms with E-state index in [1.165, 1.54) is 5.56 Å². The number of imidazole rings is 1. The fourth-order valence-electron chi connectivity index (χ4n) is 4.46. The lowest BCUT2D eigenvalue weighted by Gasteiger charge is -2.12. The monoisotopic (exact) mass is 547 g/mol. The molecule has 206 valence electrons. The zero-order valence-electron chi connectivity index (χ0n) is 22.9. The van der Waals surface area contributed by atoms with Crippen LogP contribution in [0.4, 0.5) is 0 Å². The van der Waals surface area contributed by atoms with Crippen molar-refractivity contribution in [3.05, 3.63) is 89.2 Å². The van der Waals surface area contributed by atoms with Gasteiger partial charge in [-0.3, -0.25) is 4.79 Å². The molecule has 0 aliphatic heterocycles. The van der Waals surface area contributed by atoms with Crippen LogP contribution < -0.4 is 14.8 Å². The fourth-order valence-corrected chi connectivity index (χ4v) is 4.59. The first-order chi connectivity index (χ1) is 19.0. The van der Waals surface area contributed by atoms with Gasteiger partial charge < -0.3 is 19.4 Å². The number of aromatic nitrogens is 2. The van der Waals surface area contributed by atoms with Gasteiger partial charge in [-0.25, -0.2) is 4.98 Å². The summed E-state index contributed by atoms with van der Waals surface area (Å²) in [5.74, 6) is 3.02. The van der Waals surface area contributed by atoms with E-state index in [9.17, 15) is 4.79 Å². The van der Waals surface area contributed by atoms with Crippen LogP contribution in [0.5, 0.6) is 11.5 Å². The molecule has 6 nitrogen and oxygen atoms in total. The zero-order chi connectivity index (χ0) is 27.5. The van der Waals surface area contributed by atoms with Gasteiger partial charge in [0, 0.05) is 24.5 Å². The first-order valence-corrected chi connectivity index (χ1v) is 14.2. The second-order valence-electron chi connectivity index (χ2n) is 9.80. The molecule has 1 atom stereocenters. The Kier molecular flexibility index (Phi) is 10.7. The second kappa shape index (κ2) is 14.6. The average Bonchev–Trinajstić information content (AvgIpc) is 3.32. The molecule has 0 saturated heterocycles. The largest absolute Gasteiger partial charge is 0.494 e. The van der Waals surface area contributed by atoms with Crippen LogP contribution in [-0.2, 0) is 17.8 Å². The number of para-hydroxylation sites is 2. The normalized spacial score (nSPS) is 11.9. The number of nitrogens with zero attached hydrogens (tertiary/aromatic N) is 2. The van der Waals surface area contributed by atoms with Crippen molar-refractivity contribution in [3.8, 4) is 11.5 Å². The van der Waals surface area contributed by atoms with E-state index in [2.05, 4.69) is 66.2 Å². The van der Waals surface area contributed by atoms with Gasteiger partial charge in [-0.15, -0.1) is 0 Å². The van der Waals surface area contributed by atoms with Crippen LogP contribution in [0.15, 0.2) is 72.8 Å². The summed E-state index contributed by atoms with van der Waals surface area (Å²) in [5, 5.41) is 3.57. The van der Waals surface area contributed by atoms with E-state index in [0.29, 0.717) is 29.8 Å². The topological polar surface area (TPSA) is 65.4 Å². The molecular formula is C32H38ClN3O3. The summed E-state index contributed by atoms with van der Waals surface area (Å²) in [6, 6.07) is 23.7. The van der Waals surface area contributed by atoms with Crippen molar-refractivity contribution in [1.29, 1.82) is 0 Å². The summed E-state index contributed by atoms with van der Waals surface area (Å²) in [6.07, 6.45) is 4.68. The summed E-state index contributed by atoms with van der Waals surface area (Å²) >= 11 is 5.88. The molecule has 4 rings (SSSR count). The standard InChI is InChI=1S/C32H38ClN3O3/c1-3-24(2)25-12-16-27(17-13-25)38-22-7-6-21-36-30-10-5-4-9-29(30)35-31(36)11-8-20-34-32(37)23-39-28-18-14-26(33)15-19-28/h4-5,9-10,12-19,24H,3,6-8,11,20-23H2,1-2H3,(H,34,37). The van der Waals surface area contributed by atoms with Gasteiger partial charge in [0.25, 0.3) is 5.91 Å². The molecule has 0 spiro atoms. The van der Waals surface area contributed by atoms with Crippen LogP contribution in [0.1, 0.15) is 56.8 Å². The van der Waals surface area contributed by atoms with Gasteiger partial charge in [0.1, 0.15) is 17.3 Å². The Morgan fingerprint density at radius 1 is 0.949 bits per heavy atom. The van der Waals surface area contributed by atoms with Crippen LogP contribution >= 0.6 is 11.6 Å². The number of nitrogens with one attached hydrogen (secondary N) is 1. The van der Waals surface area contributed by atoms with E-state index >= 15 is 0 Å². The van der Waals surface area contributed by atoms with Crippen molar-refractivity contribution < 1.29 is 14.3 Å². The number of aryl methyl sites for hydroxylation is 2. The Morgan fingerprint density at radius 3 is 2.44 bits per heavy atom. The van der Waals surface area contributed by atoms with Crippen LogP contribution in [0, 0.1) is 0 Å². The molecule has 0 radical (unpaired) electrons. The SMILES string of the molecule is CCC(C)c1ccc(OCCCCn2c(CCCNC(=O)COc3ccc(Cl)cc3)nc3ccccc32)cc1. The molecule has 1 heterocycles. The minimum absolute atomic E-state index is 0.0236. The van der Waals surface area contributed by atoms with Gasteiger partial charge in [-0.05, 0) is 85.7 Å². The van der Waals surface area contributed by atoms with Gasteiger partial charge >= 0.3 is 0 Å². The molecule has 1 aromatic heterocycles. The number of hydrogen-bond acceptors (Lipinski definition) is 4. The van der Waals surface area contributed by atoms with Crippen molar-refractivity contribution >= 4 is 28.5 Å². The van der Waals surface area contributed by atoms with Crippen molar-refractivity contribution in [2.24, 2.45) is 0 Å². The molecule has 4 aromatic rings. The van der Waals surface area contributed by atoms with E-state index in [1.807, 2.05) is 6.07 Å². The highest BCUT2D eigenvalue weighted by Crippen LogP contribution is 2.22. The quantitative estimate of drug-likeness (QED) is 0.160. The molecule has 7 heteroatoms. The minimum atomic E-state index is -0.145. The van der Waals surface area contributed by atoms with Crippen LogP contribution in [0.2, 0.25) is 5.02 Å². The Balaban J connectivity index is 1.21. The molecule has 1 unspecified atom stereocenters. The highest BCUT2D eigenvalue weighted by Gasteiger charge is 2.11. The maximum absolute atomic E-state index is 12.2. The van der Waals surface area contributed by atoms with Crippen molar-refractivity contribution in [2.75, 3.05) is 19.8 Å². The molecule has 0 aliphatic rings. The van der Waals surface area contributed by atoms with E-state index in [4.69, 9.17) is 26.1 Å². The average molecular weight is 548 g/mol. The number of rotatable bonds is 15. The third-order valence-corrected chi connectivity index (χ3v) is 7.17. The molecule has 0 fully saturated rings. The summed E-state index contributed by atoms with van der Waals surface area (Å²) in [5.41, 5.74) is 3.51. The van der Waals surface area contributed by atoms with Crippen LogP contribution in [0.25, 0.3) is 11.0 Å². The predicted molar refractivity (Wildman–Crippen MR) is 158 cm³/mol. The number of carbonyl (C=O) groups excluding carboxylic acids is 1. The molecule has 39 heavy (non-hydrogen) atoms. The van der Waals surface area contributed by atoms with E-state index in [0.717, 1.165) is 61.3 Å². The van der Waals surface area contributed by atoms with Gasteiger partial charge in [0.15, 0.2) is 6.61 Å². The van der Waals surface area contributed by atoms with E-state index < -0.39 is 0 Å². The summed E-state index contributed by atoms with van der Waals surface area (Å²) in [4.78, 5) is 17.0. The van der Waals surface area contributed by atoms with E-state index in [1.54, 1.807) is 24.3 Å². The second-order valence-corrected chi connectivity index (χ2v) is 10.2. The number of ether oxygens (including phenoxy) is 2. The Hall–Kier alpha value is -3.51. The van der Waals surface area contributed by atoms with Gasteiger partial charge in [-0.2, -0.15) is 0 Å². The highest BCUT2D eigenvalue weighted by atomic mass is 35.5. The number of fused-ring (bicyclic) bond motifs is 1. The smallest absolute Gasteiger partial charge is 0.257 e. The van der Waals surface area contributed by atoms with Gasteiger partial charge in [0.2, 0.25) is 0 Å². The maximum Gasteiger partial charge on any atom is 0.257 e. The summed E-state index contributed by atoms with van der Waals surface area (Å²) in [7, 11) is 0. The maximum atomic E-state index is 12.2. The number of hydrogen-bond donors (Lipinski definition) is 1. The summed E-state index contributed by atoms with van der Waals surface area (Å²) < 4.78 is 13.8. The minimum Gasteiger partial charge on any atom is -0.494 e. The molecule has 1 N–H and O–H groups in total. The fraction of sp³-hybridized carbons (Fsp3) is 0.375. The first kappa shape index (κ1) is 28.5. The molecule has 0 saturated carbocycles. The van der Waals surface area contributed by atoms with Crippen LogP contribution in [-0.4, -0.2) is 35.2 Å². The lowest BCUT2D eigenvalue weighted by molar-refractivity contribution is -0.123. The predicted octanol–water partition coefficient (Wildman–Crippen LogP) is 7.19. The van der Waals surface area contributed by atoms with Crippen molar-refractivity contribution in [1.82, 2.24) is 14.9 Å². The Labute approximate surface area is 236 Å². The number of amides is 1. The Morgan fingerprint density at radius 2 is 1.67 bits per heavy atom. The van der Waals surface area contributed by atoms with Crippen molar-refractivity contribution in [3.63, 3.8) is 0 Å². The highest BCUT2D eigenvalue weighted by molar-refractivity contribution is 6.30. The zero-order valence-corrected chi connectivity index (χ0v) is 23.6. The van der Waals surface area contributed by atoms with Gasteiger partial charge in [-0.1, -0.05) is 49.7 Å². The summed E-state index contributed by atoms with van der Waals surface area (Å²) in [6.45, 7) is 6.57. The number of unbranched alkanes of at least 4 members (excludes halogenated alkanes) is 1. The molecule has 1 amide bonds. The third kappa shape index (κ3) is 8.49. The number of benzene rings is 3. The molecular weight excluding hydrogens is 510 g/mol. The first-order valence-electron chi connectivity index (χ1n) is 13.9. The third-order valence-electron chi connectivity index (χ3n) is 6.92. The van der Waals surface area contributed by atoms with Crippen molar-refractivity contribution in [2.45, 2.75) is 58.4 Å². The molecule has 3 aromatic carbocycles. The lowest BCUT2D eigenvalue weighted by Crippen LogP contribution is -2.30. The number of halogens is 1. The number of carbonyl (C=O) groups is 1. The Bertz CT molecular complexity index is 1320. The van der Waals surface area contributed by atoms with Gasteiger partial charge in [0.05, 0.1) is 17.6 Å². The van der Waals surface area contributed by atoms with E-state index in [-0.39, 0.29) is 12.5 Å². The molecule has 0 aliphatic carbocycles.